The molecule has 0 spiro atoms. The lowest BCUT2D eigenvalue weighted by Gasteiger charge is -2.36. The molecule has 196 valence electrons. The van der Waals surface area contributed by atoms with E-state index in [1.54, 1.807) is 25.7 Å². The molecule has 0 aromatic heterocycles. The number of benzene rings is 1. The Morgan fingerprint density at radius 1 is 1.06 bits per heavy atom. The van der Waals surface area contributed by atoms with Gasteiger partial charge >= 0.3 is 6.09 Å². The SMILES string of the molecule is CCc1ccc(C(C(=O)NC(C)C)N(C(=O)C(CC(C)C)NC(=O)OC(C)(C)C)C2CC2C)cc1. The van der Waals surface area contributed by atoms with Gasteiger partial charge in [-0.25, -0.2) is 4.79 Å². The predicted molar refractivity (Wildman–Crippen MR) is 139 cm³/mol. The molecular formula is C28H45N3O4. The highest BCUT2D eigenvalue weighted by Crippen LogP contribution is 2.41. The molecule has 2 N–H and O–H groups in total. The Labute approximate surface area is 211 Å². The Morgan fingerprint density at radius 3 is 2.06 bits per heavy atom. The number of carbonyl (C=O) groups is 3. The van der Waals surface area contributed by atoms with E-state index < -0.39 is 23.8 Å². The molecule has 0 bridgehead atoms. The molecule has 1 aliphatic carbocycles. The third-order valence-corrected chi connectivity index (χ3v) is 6.04. The van der Waals surface area contributed by atoms with Crippen LogP contribution in [-0.4, -0.2) is 46.5 Å². The number of hydrogen-bond acceptors (Lipinski definition) is 4. The van der Waals surface area contributed by atoms with Gasteiger partial charge in [0.25, 0.3) is 0 Å². The van der Waals surface area contributed by atoms with Crippen LogP contribution >= 0.6 is 0 Å². The number of ether oxygens (including phenoxy) is 1. The maximum Gasteiger partial charge on any atom is 0.408 e. The van der Waals surface area contributed by atoms with Gasteiger partial charge < -0.3 is 20.3 Å². The van der Waals surface area contributed by atoms with Crippen molar-refractivity contribution < 1.29 is 19.1 Å². The Hall–Kier alpha value is -2.57. The van der Waals surface area contributed by atoms with Crippen LogP contribution < -0.4 is 10.6 Å². The Kier molecular flexibility index (Phi) is 9.76. The first-order valence-electron chi connectivity index (χ1n) is 12.9. The maximum absolute atomic E-state index is 14.1. The van der Waals surface area contributed by atoms with Crippen molar-refractivity contribution in [2.45, 2.75) is 111 Å². The zero-order valence-corrected chi connectivity index (χ0v) is 23.0. The summed E-state index contributed by atoms with van der Waals surface area (Å²) >= 11 is 0. The summed E-state index contributed by atoms with van der Waals surface area (Å²) in [4.78, 5) is 42.0. The molecule has 1 fully saturated rings. The summed E-state index contributed by atoms with van der Waals surface area (Å²) in [7, 11) is 0. The number of amides is 3. The van der Waals surface area contributed by atoms with E-state index in [4.69, 9.17) is 4.74 Å². The Bertz CT molecular complexity index is 873. The predicted octanol–water partition coefficient (Wildman–Crippen LogP) is 4.99. The summed E-state index contributed by atoms with van der Waals surface area (Å²) in [6.45, 7) is 17.4. The molecule has 0 saturated heterocycles. The van der Waals surface area contributed by atoms with Crippen molar-refractivity contribution in [2.24, 2.45) is 11.8 Å². The highest BCUT2D eigenvalue weighted by molar-refractivity contribution is 5.92. The standard InChI is InChI=1S/C28H45N3O4/c1-10-20-11-13-21(14-12-20)24(25(32)29-18(4)5)31(23-16-19(23)6)26(33)22(15-17(2)3)30-27(34)35-28(7,8)9/h11-14,17-19,22-24H,10,15-16H2,1-9H3,(H,29,32)(H,30,34). The van der Waals surface area contributed by atoms with Gasteiger partial charge in [-0.1, -0.05) is 52.0 Å². The van der Waals surface area contributed by atoms with E-state index in [1.165, 1.54) is 5.56 Å². The van der Waals surface area contributed by atoms with E-state index in [1.807, 2.05) is 52.0 Å². The van der Waals surface area contributed by atoms with Crippen LogP contribution in [0.4, 0.5) is 4.79 Å². The fourth-order valence-electron chi connectivity index (χ4n) is 4.23. The smallest absolute Gasteiger partial charge is 0.408 e. The van der Waals surface area contributed by atoms with E-state index in [2.05, 4.69) is 24.5 Å². The van der Waals surface area contributed by atoms with Crippen LogP contribution in [0.5, 0.6) is 0 Å². The van der Waals surface area contributed by atoms with Crippen molar-refractivity contribution in [1.82, 2.24) is 15.5 Å². The van der Waals surface area contributed by atoms with Crippen LogP contribution in [0.1, 0.15) is 92.3 Å². The van der Waals surface area contributed by atoms with Gasteiger partial charge in [-0.2, -0.15) is 0 Å². The number of nitrogens with zero attached hydrogens (tertiary/aromatic N) is 1. The summed E-state index contributed by atoms with van der Waals surface area (Å²) in [5, 5.41) is 5.81. The number of alkyl carbamates (subject to hydrolysis) is 1. The molecule has 0 heterocycles. The number of nitrogens with one attached hydrogen (secondary N) is 2. The molecule has 35 heavy (non-hydrogen) atoms. The molecule has 3 amide bonds. The molecule has 0 aliphatic heterocycles. The van der Waals surface area contributed by atoms with Gasteiger partial charge in [0.15, 0.2) is 0 Å². The minimum atomic E-state index is -0.790. The van der Waals surface area contributed by atoms with Crippen LogP contribution in [-0.2, 0) is 20.7 Å². The van der Waals surface area contributed by atoms with Gasteiger partial charge in [0.05, 0.1) is 0 Å². The first-order chi connectivity index (χ1) is 16.2. The summed E-state index contributed by atoms with van der Waals surface area (Å²) in [5.41, 5.74) is 1.26. The Balaban J connectivity index is 2.48. The molecule has 1 aromatic carbocycles. The summed E-state index contributed by atoms with van der Waals surface area (Å²) in [6, 6.07) is 6.20. The second-order valence-electron chi connectivity index (χ2n) is 11.5. The molecule has 0 radical (unpaired) electrons. The van der Waals surface area contributed by atoms with Crippen LogP contribution in [0.25, 0.3) is 0 Å². The van der Waals surface area contributed by atoms with Crippen molar-refractivity contribution in [3.63, 3.8) is 0 Å². The fourth-order valence-corrected chi connectivity index (χ4v) is 4.23. The number of hydrogen-bond donors (Lipinski definition) is 2. The van der Waals surface area contributed by atoms with Crippen LogP contribution in [0, 0.1) is 11.8 Å². The molecule has 2 rings (SSSR count). The van der Waals surface area contributed by atoms with Crippen molar-refractivity contribution in [3.05, 3.63) is 35.4 Å². The molecule has 1 saturated carbocycles. The third kappa shape index (κ3) is 8.55. The average Bonchev–Trinajstić information content (AvgIpc) is 3.44. The van der Waals surface area contributed by atoms with Crippen molar-refractivity contribution in [1.29, 1.82) is 0 Å². The largest absolute Gasteiger partial charge is 0.444 e. The van der Waals surface area contributed by atoms with Crippen molar-refractivity contribution in [3.8, 4) is 0 Å². The second-order valence-corrected chi connectivity index (χ2v) is 11.5. The molecule has 4 atom stereocenters. The zero-order chi connectivity index (χ0) is 26.5. The van der Waals surface area contributed by atoms with Gasteiger partial charge in [0.2, 0.25) is 11.8 Å². The van der Waals surface area contributed by atoms with Crippen LogP contribution in [0.15, 0.2) is 24.3 Å². The highest BCUT2D eigenvalue weighted by Gasteiger charge is 2.48. The topological polar surface area (TPSA) is 87.7 Å². The zero-order valence-electron chi connectivity index (χ0n) is 23.0. The van der Waals surface area contributed by atoms with Crippen LogP contribution in [0.2, 0.25) is 0 Å². The monoisotopic (exact) mass is 487 g/mol. The lowest BCUT2D eigenvalue weighted by molar-refractivity contribution is -0.144. The molecule has 7 heteroatoms. The molecule has 4 unspecified atom stereocenters. The lowest BCUT2D eigenvalue weighted by Crippen LogP contribution is -2.54. The minimum Gasteiger partial charge on any atom is -0.444 e. The van der Waals surface area contributed by atoms with Gasteiger partial charge in [-0.15, -0.1) is 0 Å². The minimum absolute atomic E-state index is 0.0636. The molecule has 7 nitrogen and oxygen atoms in total. The van der Waals surface area contributed by atoms with Crippen molar-refractivity contribution >= 4 is 17.9 Å². The molecule has 1 aromatic rings. The molecular weight excluding hydrogens is 442 g/mol. The normalized spacial score (nSPS) is 19.2. The molecule has 1 aliphatic rings. The van der Waals surface area contributed by atoms with Gasteiger partial charge in [-0.05, 0) is 76.8 Å². The van der Waals surface area contributed by atoms with E-state index in [0.717, 1.165) is 18.4 Å². The number of rotatable bonds is 10. The van der Waals surface area contributed by atoms with E-state index in [9.17, 15) is 14.4 Å². The summed E-state index contributed by atoms with van der Waals surface area (Å²) < 4.78 is 5.45. The number of carbonyl (C=O) groups excluding carboxylic acids is 3. The first kappa shape index (κ1) is 28.7. The lowest BCUT2D eigenvalue weighted by atomic mass is 9.97. The van der Waals surface area contributed by atoms with Crippen LogP contribution in [0.3, 0.4) is 0 Å². The van der Waals surface area contributed by atoms with E-state index in [0.29, 0.717) is 6.42 Å². The number of aryl methyl sites for hydroxylation is 1. The maximum atomic E-state index is 14.1. The summed E-state index contributed by atoms with van der Waals surface area (Å²) in [5.74, 6) is -0.0202. The fraction of sp³-hybridized carbons (Fsp3) is 0.679. The van der Waals surface area contributed by atoms with E-state index in [-0.39, 0.29) is 35.7 Å². The summed E-state index contributed by atoms with van der Waals surface area (Å²) in [6.07, 6.45) is 1.53. The van der Waals surface area contributed by atoms with Gasteiger partial charge in [0.1, 0.15) is 17.7 Å². The van der Waals surface area contributed by atoms with Crippen molar-refractivity contribution in [2.75, 3.05) is 0 Å². The Morgan fingerprint density at radius 2 is 1.63 bits per heavy atom. The highest BCUT2D eigenvalue weighted by atomic mass is 16.6. The van der Waals surface area contributed by atoms with Gasteiger partial charge in [-0.3, -0.25) is 9.59 Å². The first-order valence-corrected chi connectivity index (χ1v) is 12.9. The quantitative estimate of drug-likeness (QED) is 0.487. The average molecular weight is 488 g/mol. The second kappa shape index (κ2) is 11.9. The van der Waals surface area contributed by atoms with E-state index >= 15 is 0 Å². The van der Waals surface area contributed by atoms with Gasteiger partial charge in [0, 0.05) is 12.1 Å². The third-order valence-electron chi connectivity index (χ3n) is 6.04.